The van der Waals surface area contributed by atoms with Crippen LogP contribution in [0.4, 0.5) is 0 Å². The zero-order chi connectivity index (χ0) is 10.9. The van der Waals surface area contributed by atoms with Gasteiger partial charge in [-0.05, 0) is 28.2 Å². The van der Waals surface area contributed by atoms with Gasteiger partial charge in [0.1, 0.15) is 0 Å². The van der Waals surface area contributed by atoms with E-state index in [1.54, 1.807) is 0 Å². The fraction of sp³-hybridized carbons (Fsp3) is 0.357. The summed E-state index contributed by atoms with van der Waals surface area (Å²) < 4.78 is 0. The summed E-state index contributed by atoms with van der Waals surface area (Å²) in [5.41, 5.74) is 4.22. The molecule has 0 bridgehead atoms. The molecular weight excluding hydrogens is 182 g/mol. The van der Waals surface area contributed by atoms with E-state index in [-0.39, 0.29) is 5.41 Å². The number of allylic oxidation sites excluding steroid dienone is 1. The van der Waals surface area contributed by atoms with Gasteiger partial charge < -0.3 is 0 Å². The minimum atomic E-state index is 0.235. The van der Waals surface area contributed by atoms with E-state index in [4.69, 9.17) is 0 Å². The maximum Gasteiger partial charge on any atom is 0.0646 e. The predicted molar refractivity (Wildman–Crippen MR) is 66.5 cm³/mol. The van der Waals surface area contributed by atoms with Crippen LogP contribution in [0.25, 0.3) is 5.57 Å². The van der Waals surface area contributed by atoms with Crippen molar-refractivity contribution < 1.29 is 0 Å². The molecule has 0 saturated carbocycles. The molecule has 0 N–H and O–H groups in total. The first-order valence-electron chi connectivity index (χ1n) is 5.37. The molecule has 1 aliphatic rings. The number of benzene rings is 1. The highest BCUT2D eigenvalue weighted by atomic mass is 14.7. The Morgan fingerprint density at radius 1 is 1.07 bits per heavy atom. The van der Waals surface area contributed by atoms with Gasteiger partial charge in [0.2, 0.25) is 0 Å². The standard InChI is InChI=1S/C14H17N/c1-14(2,3)13-6-4-11(5-7-13)12-8-9-15-10-12/h4-9H,10H2,1-3H3. The Bertz CT molecular complexity index is 402. The van der Waals surface area contributed by atoms with E-state index < -0.39 is 0 Å². The molecule has 0 amide bonds. The van der Waals surface area contributed by atoms with Crippen LogP contribution in [-0.2, 0) is 5.41 Å². The van der Waals surface area contributed by atoms with Crippen molar-refractivity contribution in [2.45, 2.75) is 26.2 Å². The van der Waals surface area contributed by atoms with Crippen LogP contribution in [0.1, 0.15) is 31.9 Å². The summed E-state index contributed by atoms with van der Waals surface area (Å²) in [6, 6.07) is 8.82. The van der Waals surface area contributed by atoms with E-state index in [9.17, 15) is 0 Å². The van der Waals surface area contributed by atoms with Crippen LogP contribution in [0.5, 0.6) is 0 Å². The average Bonchev–Trinajstić information content (AvgIpc) is 2.69. The maximum atomic E-state index is 4.19. The molecule has 2 rings (SSSR count). The van der Waals surface area contributed by atoms with Crippen molar-refractivity contribution in [2.75, 3.05) is 6.54 Å². The Morgan fingerprint density at radius 3 is 2.20 bits per heavy atom. The van der Waals surface area contributed by atoms with Crippen LogP contribution in [0.2, 0.25) is 0 Å². The van der Waals surface area contributed by atoms with Gasteiger partial charge in [-0.2, -0.15) is 0 Å². The summed E-state index contributed by atoms with van der Waals surface area (Å²) in [5.74, 6) is 0. The normalized spacial score (nSPS) is 15.5. The van der Waals surface area contributed by atoms with Crippen molar-refractivity contribution in [1.29, 1.82) is 0 Å². The second-order valence-electron chi connectivity index (χ2n) is 5.01. The van der Waals surface area contributed by atoms with Gasteiger partial charge in [0.15, 0.2) is 0 Å². The quantitative estimate of drug-likeness (QED) is 0.657. The lowest BCUT2D eigenvalue weighted by Gasteiger charge is -2.19. The third kappa shape index (κ3) is 2.17. The lowest BCUT2D eigenvalue weighted by atomic mass is 9.86. The summed E-state index contributed by atoms with van der Waals surface area (Å²) in [5, 5.41) is 0. The van der Waals surface area contributed by atoms with Gasteiger partial charge in [-0.25, -0.2) is 0 Å². The Balaban J connectivity index is 2.25. The van der Waals surface area contributed by atoms with E-state index in [2.05, 4.69) is 56.1 Å². The first-order chi connectivity index (χ1) is 7.07. The van der Waals surface area contributed by atoms with Gasteiger partial charge >= 0.3 is 0 Å². The van der Waals surface area contributed by atoms with Crippen molar-refractivity contribution in [3.63, 3.8) is 0 Å². The molecule has 1 aromatic rings. The van der Waals surface area contributed by atoms with Crippen molar-refractivity contribution >= 4 is 11.8 Å². The first kappa shape index (κ1) is 10.2. The summed E-state index contributed by atoms with van der Waals surface area (Å²) in [7, 11) is 0. The van der Waals surface area contributed by atoms with Crippen LogP contribution in [0, 0.1) is 0 Å². The molecule has 0 aliphatic carbocycles. The highest BCUT2D eigenvalue weighted by Crippen LogP contribution is 2.24. The van der Waals surface area contributed by atoms with Crippen LogP contribution in [-0.4, -0.2) is 12.8 Å². The summed E-state index contributed by atoms with van der Waals surface area (Å²) in [4.78, 5) is 4.19. The van der Waals surface area contributed by atoms with Gasteiger partial charge in [0.05, 0.1) is 6.54 Å². The van der Waals surface area contributed by atoms with E-state index in [1.807, 2.05) is 6.21 Å². The molecule has 0 fully saturated rings. The molecule has 1 heterocycles. The molecule has 0 aromatic heterocycles. The van der Waals surface area contributed by atoms with Crippen molar-refractivity contribution in [3.05, 3.63) is 41.5 Å². The molecule has 0 saturated heterocycles. The van der Waals surface area contributed by atoms with Crippen LogP contribution < -0.4 is 0 Å². The molecule has 1 aromatic carbocycles. The number of aliphatic imine (C=N–C) groups is 1. The summed E-state index contributed by atoms with van der Waals surface area (Å²) in [6.45, 7) is 7.54. The number of hydrogen-bond acceptors (Lipinski definition) is 1. The van der Waals surface area contributed by atoms with Gasteiger partial charge in [-0.1, -0.05) is 45.0 Å². The molecule has 0 unspecified atom stereocenters. The topological polar surface area (TPSA) is 12.4 Å². The second kappa shape index (κ2) is 3.65. The van der Waals surface area contributed by atoms with Gasteiger partial charge in [-0.15, -0.1) is 0 Å². The number of nitrogens with zero attached hydrogens (tertiary/aromatic N) is 1. The molecule has 1 heteroatoms. The maximum absolute atomic E-state index is 4.19. The van der Waals surface area contributed by atoms with Gasteiger partial charge in [0.25, 0.3) is 0 Å². The Morgan fingerprint density at radius 2 is 1.73 bits per heavy atom. The van der Waals surface area contributed by atoms with E-state index >= 15 is 0 Å². The smallest absolute Gasteiger partial charge is 0.0646 e. The molecule has 78 valence electrons. The SMILES string of the molecule is CC(C)(C)c1ccc(C2=CC=NC2)cc1. The van der Waals surface area contributed by atoms with Crippen LogP contribution in [0.3, 0.4) is 0 Å². The first-order valence-corrected chi connectivity index (χ1v) is 5.37. The zero-order valence-electron chi connectivity index (χ0n) is 9.62. The van der Waals surface area contributed by atoms with Crippen molar-refractivity contribution in [1.82, 2.24) is 0 Å². The second-order valence-corrected chi connectivity index (χ2v) is 5.01. The third-order valence-corrected chi connectivity index (χ3v) is 2.76. The largest absolute Gasteiger partial charge is 0.288 e. The van der Waals surface area contributed by atoms with E-state index in [0.29, 0.717) is 0 Å². The lowest BCUT2D eigenvalue weighted by Crippen LogP contribution is -2.10. The van der Waals surface area contributed by atoms with Crippen molar-refractivity contribution in [3.8, 4) is 0 Å². The van der Waals surface area contributed by atoms with Crippen LogP contribution >= 0.6 is 0 Å². The minimum Gasteiger partial charge on any atom is -0.288 e. The molecular formula is C14H17N. The fourth-order valence-corrected chi connectivity index (χ4v) is 1.72. The molecule has 15 heavy (non-hydrogen) atoms. The van der Waals surface area contributed by atoms with Crippen molar-refractivity contribution in [2.24, 2.45) is 4.99 Å². The Kier molecular flexibility index (Phi) is 2.47. The molecule has 1 nitrogen and oxygen atoms in total. The highest BCUT2D eigenvalue weighted by molar-refractivity contribution is 5.89. The monoisotopic (exact) mass is 199 g/mol. The number of rotatable bonds is 1. The molecule has 0 radical (unpaired) electrons. The summed E-state index contributed by atoms with van der Waals surface area (Å²) >= 11 is 0. The molecule has 1 aliphatic heterocycles. The Labute approximate surface area is 91.6 Å². The molecule has 0 atom stereocenters. The van der Waals surface area contributed by atoms with E-state index in [1.165, 1.54) is 16.7 Å². The van der Waals surface area contributed by atoms with Crippen LogP contribution in [0.15, 0.2) is 35.3 Å². The Hall–Kier alpha value is -1.37. The third-order valence-electron chi connectivity index (χ3n) is 2.76. The predicted octanol–water partition coefficient (Wildman–Crippen LogP) is 3.45. The number of hydrogen-bond donors (Lipinski definition) is 0. The highest BCUT2D eigenvalue weighted by Gasteiger charge is 2.13. The fourth-order valence-electron chi connectivity index (χ4n) is 1.72. The van der Waals surface area contributed by atoms with Gasteiger partial charge in [-0.3, -0.25) is 4.99 Å². The van der Waals surface area contributed by atoms with Gasteiger partial charge in [0, 0.05) is 6.21 Å². The van der Waals surface area contributed by atoms with E-state index in [0.717, 1.165) is 6.54 Å². The average molecular weight is 199 g/mol. The lowest BCUT2D eigenvalue weighted by molar-refractivity contribution is 0.590. The summed E-state index contributed by atoms with van der Waals surface area (Å²) in [6.07, 6.45) is 3.97. The zero-order valence-corrected chi connectivity index (χ0v) is 9.62. The molecule has 0 spiro atoms. The minimum absolute atomic E-state index is 0.235.